The number of halogens is 3. The van der Waals surface area contributed by atoms with E-state index in [0.29, 0.717) is 24.8 Å². The Balaban J connectivity index is 2.22. The van der Waals surface area contributed by atoms with E-state index in [4.69, 9.17) is 28.8 Å². The van der Waals surface area contributed by atoms with Crippen LogP contribution in [0.15, 0.2) is 36.5 Å². The highest BCUT2D eigenvalue weighted by molar-refractivity contribution is 5.91. The number of esters is 4. The Morgan fingerprint density at radius 1 is 0.724 bits per heavy atom. The van der Waals surface area contributed by atoms with E-state index in [1.54, 1.807) is 76.2 Å². The molecular weight excluding hydrogens is 763 g/mol. The maximum absolute atomic E-state index is 13.8. The third kappa shape index (κ3) is 13.0. The Morgan fingerprint density at radius 2 is 1.22 bits per heavy atom. The van der Waals surface area contributed by atoms with Crippen LogP contribution in [0.3, 0.4) is 0 Å². The van der Waals surface area contributed by atoms with Crippen LogP contribution < -0.4 is 0 Å². The quantitative estimate of drug-likeness (QED) is 0.111. The van der Waals surface area contributed by atoms with Crippen molar-refractivity contribution in [2.24, 2.45) is 21.7 Å². The zero-order chi connectivity index (χ0) is 44.0. The van der Waals surface area contributed by atoms with Crippen LogP contribution in [0.25, 0.3) is 0 Å². The number of rotatable bonds is 14. The number of aliphatic hydroxyl groups excluding tert-OH is 1. The van der Waals surface area contributed by atoms with Crippen molar-refractivity contribution in [2.45, 2.75) is 158 Å². The summed E-state index contributed by atoms with van der Waals surface area (Å²) in [5, 5.41) is 9.12. The molecule has 12 nitrogen and oxygen atoms in total. The highest BCUT2D eigenvalue weighted by Gasteiger charge is 2.57. The van der Waals surface area contributed by atoms with Crippen molar-refractivity contribution in [1.29, 1.82) is 0 Å². The number of ether oxygens (including phenoxy) is 5. The predicted octanol–water partition coefficient (Wildman–Crippen LogP) is 7.65. The van der Waals surface area contributed by atoms with Crippen LogP contribution in [0.2, 0.25) is 0 Å². The summed E-state index contributed by atoms with van der Waals surface area (Å²) in [7, 11) is 0. The number of ketones is 1. The lowest BCUT2D eigenvalue weighted by molar-refractivity contribution is -0.283. The molecule has 326 valence electrons. The first-order valence-electron chi connectivity index (χ1n) is 19.8. The number of alkyl halides is 3. The molecule has 0 unspecified atom stereocenters. The second kappa shape index (κ2) is 18.9. The summed E-state index contributed by atoms with van der Waals surface area (Å²) < 4.78 is 71.7. The number of carbonyl (C=O) groups is 5. The summed E-state index contributed by atoms with van der Waals surface area (Å²) in [5.41, 5.74) is -4.89. The Hall–Kier alpha value is -3.98. The molecule has 1 aromatic rings. The normalized spacial score (nSPS) is 23.3. The van der Waals surface area contributed by atoms with E-state index >= 15 is 0 Å². The van der Waals surface area contributed by atoms with Gasteiger partial charge in [-0.3, -0.25) is 24.0 Å². The van der Waals surface area contributed by atoms with Crippen molar-refractivity contribution < 1.29 is 65.9 Å². The molecule has 0 bridgehead atoms. The lowest BCUT2D eigenvalue weighted by Crippen LogP contribution is -2.67. The van der Waals surface area contributed by atoms with Crippen LogP contribution >= 0.6 is 0 Å². The second-order valence-corrected chi connectivity index (χ2v) is 18.9. The Morgan fingerprint density at radius 3 is 1.72 bits per heavy atom. The van der Waals surface area contributed by atoms with Crippen LogP contribution in [0, 0.1) is 21.7 Å². The third-order valence-electron chi connectivity index (χ3n) is 9.92. The SMILES string of the molecule is CC(C)(C)C(=O)O[C@@H]1[C@@H](OC(=O)C(C)(C)C)[C@H](N2C=CC(=O)C[C@H]2c2ccc(C(F)(F)F)cc2)O[C@H](COC(=O)C(C)(C)CCCCCCO)[C@@H]1OC(=O)C(C)(C)C. The van der Waals surface area contributed by atoms with Crippen LogP contribution in [0.1, 0.15) is 132 Å². The molecule has 0 aliphatic carbocycles. The molecule has 0 saturated carbocycles. The smallest absolute Gasteiger partial charge is 0.416 e. The van der Waals surface area contributed by atoms with Gasteiger partial charge >= 0.3 is 30.1 Å². The van der Waals surface area contributed by atoms with Gasteiger partial charge in [0, 0.05) is 19.2 Å². The molecule has 0 amide bonds. The van der Waals surface area contributed by atoms with Gasteiger partial charge in [0.15, 0.2) is 30.3 Å². The molecule has 3 rings (SSSR count). The lowest BCUT2D eigenvalue weighted by atomic mass is 9.87. The summed E-state index contributed by atoms with van der Waals surface area (Å²) in [4.78, 5) is 69.3. The van der Waals surface area contributed by atoms with Gasteiger partial charge in [0.1, 0.15) is 12.7 Å². The maximum atomic E-state index is 13.8. The zero-order valence-corrected chi connectivity index (χ0v) is 35.7. The van der Waals surface area contributed by atoms with Crippen molar-refractivity contribution in [1.82, 2.24) is 4.90 Å². The highest BCUT2D eigenvalue weighted by atomic mass is 19.4. The van der Waals surface area contributed by atoms with Crippen molar-refractivity contribution >= 4 is 29.7 Å². The molecule has 1 fully saturated rings. The number of hydrogen-bond acceptors (Lipinski definition) is 12. The fourth-order valence-electron chi connectivity index (χ4n) is 6.14. The zero-order valence-electron chi connectivity index (χ0n) is 35.7. The lowest BCUT2D eigenvalue weighted by Gasteiger charge is -2.50. The predicted molar refractivity (Wildman–Crippen MR) is 206 cm³/mol. The number of unbranched alkanes of at least 4 members (excludes halogenated alkanes) is 3. The molecule has 0 spiro atoms. The largest absolute Gasteiger partial charge is 0.462 e. The van der Waals surface area contributed by atoms with Gasteiger partial charge in [-0.15, -0.1) is 0 Å². The molecule has 1 N–H and O–H groups in total. The van der Waals surface area contributed by atoms with E-state index < -0.39 is 101 Å². The number of hydrogen-bond donors (Lipinski definition) is 1. The minimum Gasteiger partial charge on any atom is -0.462 e. The van der Waals surface area contributed by atoms with Crippen LogP contribution in [0.4, 0.5) is 13.2 Å². The molecule has 1 aromatic carbocycles. The van der Waals surface area contributed by atoms with E-state index in [1.165, 1.54) is 29.3 Å². The first kappa shape index (κ1) is 48.4. The summed E-state index contributed by atoms with van der Waals surface area (Å²) in [5.74, 6) is -3.18. The van der Waals surface area contributed by atoms with Crippen LogP contribution in [0.5, 0.6) is 0 Å². The monoisotopic (exact) mass is 825 g/mol. The molecule has 0 radical (unpaired) electrons. The molecule has 15 heteroatoms. The molecule has 1 saturated heterocycles. The Bertz CT molecular complexity index is 1630. The van der Waals surface area contributed by atoms with E-state index in [2.05, 4.69) is 0 Å². The van der Waals surface area contributed by atoms with Gasteiger partial charge in [0.25, 0.3) is 0 Å². The van der Waals surface area contributed by atoms with Crippen LogP contribution in [-0.2, 0) is 53.8 Å². The van der Waals surface area contributed by atoms with Crippen molar-refractivity contribution in [3.8, 4) is 0 Å². The number of aliphatic hydroxyl groups is 1. The van der Waals surface area contributed by atoms with Crippen molar-refractivity contribution in [2.75, 3.05) is 13.2 Å². The van der Waals surface area contributed by atoms with Gasteiger partial charge in [-0.2, -0.15) is 13.2 Å². The van der Waals surface area contributed by atoms with E-state index in [9.17, 15) is 37.1 Å². The van der Waals surface area contributed by atoms with E-state index in [0.717, 1.165) is 25.0 Å². The first-order chi connectivity index (χ1) is 26.6. The standard InChI is InChI=1S/C43H62F3NO11/c1-39(2,3)35(50)56-31-30(25-54-38(53)42(10,11)21-14-12-13-15-23-48)55-34(33(58-37(52)41(7,8)9)32(31)57-36(51)40(4,5)6)47-22-20-28(49)24-29(47)26-16-18-27(19-17-26)43(44,45)46/h16-20,22,29-34,48H,12-15,21,23-25H2,1-11H3/t29-,30+,31-,32-,33+,34+/m0/s1. The van der Waals surface area contributed by atoms with E-state index in [1.807, 2.05) is 0 Å². The topological polar surface area (TPSA) is 155 Å². The van der Waals surface area contributed by atoms with Gasteiger partial charge in [-0.1, -0.05) is 31.4 Å². The molecule has 2 heterocycles. The maximum Gasteiger partial charge on any atom is 0.416 e. The summed E-state index contributed by atoms with van der Waals surface area (Å²) >= 11 is 0. The molecule has 6 atom stereocenters. The first-order valence-corrected chi connectivity index (χ1v) is 19.8. The molecular formula is C43H62F3NO11. The highest BCUT2D eigenvalue weighted by Crippen LogP contribution is 2.41. The van der Waals surface area contributed by atoms with Gasteiger partial charge in [-0.25, -0.2) is 0 Å². The van der Waals surface area contributed by atoms with Gasteiger partial charge in [0.05, 0.1) is 33.3 Å². The molecule has 0 aromatic heterocycles. The number of benzene rings is 1. The van der Waals surface area contributed by atoms with Crippen LogP contribution in [-0.4, -0.2) is 83.5 Å². The molecule has 2 aliphatic rings. The summed E-state index contributed by atoms with van der Waals surface area (Å²) in [6.45, 7) is 17.4. The fourth-order valence-corrected chi connectivity index (χ4v) is 6.14. The van der Waals surface area contributed by atoms with Gasteiger partial charge in [0.2, 0.25) is 0 Å². The molecule has 2 aliphatic heterocycles. The number of allylic oxidation sites excluding steroid dienone is 1. The van der Waals surface area contributed by atoms with Gasteiger partial charge in [-0.05, 0) is 113 Å². The number of carbonyl (C=O) groups excluding carboxylic acids is 5. The Kier molecular flexibility index (Phi) is 15.8. The summed E-state index contributed by atoms with van der Waals surface area (Å²) in [6, 6.07) is 3.29. The van der Waals surface area contributed by atoms with Crippen molar-refractivity contribution in [3.63, 3.8) is 0 Å². The van der Waals surface area contributed by atoms with Crippen molar-refractivity contribution in [3.05, 3.63) is 47.7 Å². The average Bonchev–Trinajstić information content (AvgIpc) is 3.10. The minimum absolute atomic E-state index is 0.0751. The fraction of sp³-hybridized carbons (Fsp3) is 0.698. The third-order valence-corrected chi connectivity index (χ3v) is 9.92. The number of nitrogens with zero attached hydrogens (tertiary/aromatic N) is 1. The van der Waals surface area contributed by atoms with Gasteiger partial charge < -0.3 is 33.7 Å². The minimum atomic E-state index is -4.62. The summed E-state index contributed by atoms with van der Waals surface area (Å²) in [6.07, 6.45) is -6.31. The molecule has 58 heavy (non-hydrogen) atoms. The second-order valence-electron chi connectivity index (χ2n) is 18.9. The Labute approximate surface area is 340 Å². The van der Waals surface area contributed by atoms with E-state index in [-0.39, 0.29) is 18.8 Å². The average molecular weight is 826 g/mol.